The van der Waals surface area contributed by atoms with Crippen LogP contribution in [-0.2, 0) is 18.2 Å². The van der Waals surface area contributed by atoms with E-state index >= 15 is 0 Å². The van der Waals surface area contributed by atoms with E-state index in [9.17, 15) is 9.13 Å². The van der Waals surface area contributed by atoms with Crippen LogP contribution in [0, 0.1) is 0 Å². The number of ether oxygens (including phenoxy) is 2. The molecule has 0 saturated carbocycles. The van der Waals surface area contributed by atoms with E-state index < -0.39 is 16.1 Å². The highest BCUT2D eigenvalue weighted by molar-refractivity contribution is 7.46. The van der Waals surface area contributed by atoms with Gasteiger partial charge in [0, 0.05) is 0 Å². The SMILES string of the molecule is O=[PH](O)OCCOc1ccc(OCCOP(=O)(O)O)cc1. The van der Waals surface area contributed by atoms with Gasteiger partial charge in [0.05, 0.1) is 13.2 Å². The van der Waals surface area contributed by atoms with Crippen LogP contribution in [0.4, 0.5) is 0 Å². The molecular formula is C10H16O9P2. The van der Waals surface area contributed by atoms with Gasteiger partial charge in [-0.25, -0.2) is 4.57 Å². The van der Waals surface area contributed by atoms with E-state index in [1.54, 1.807) is 24.3 Å². The van der Waals surface area contributed by atoms with Crippen molar-refractivity contribution in [2.24, 2.45) is 0 Å². The average molecular weight is 342 g/mol. The number of benzene rings is 1. The van der Waals surface area contributed by atoms with Gasteiger partial charge in [0.2, 0.25) is 0 Å². The van der Waals surface area contributed by atoms with Gasteiger partial charge in [-0.3, -0.25) is 9.09 Å². The summed E-state index contributed by atoms with van der Waals surface area (Å²) >= 11 is 0. The summed E-state index contributed by atoms with van der Waals surface area (Å²) < 4.78 is 39.8. The van der Waals surface area contributed by atoms with Gasteiger partial charge in [0.15, 0.2) is 0 Å². The molecule has 0 aliphatic carbocycles. The van der Waals surface area contributed by atoms with Gasteiger partial charge in [-0.05, 0) is 24.3 Å². The maximum Gasteiger partial charge on any atom is 0.469 e. The fourth-order valence-electron chi connectivity index (χ4n) is 1.24. The quantitative estimate of drug-likeness (QED) is 0.420. The molecule has 0 aliphatic rings. The molecule has 1 atom stereocenters. The highest BCUT2D eigenvalue weighted by atomic mass is 31.2. The first-order valence-corrected chi connectivity index (χ1v) is 8.58. The monoisotopic (exact) mass is 342 g/mol. The van der Waals surface area contributed by atoms with Gasteiger partial charge in [-0.2, -0.15) is 0 Å². The summed E-state index contributed by atoms with van der Waals surface area (Å²) in [5.41, 5.74) is 0. The molecule has 0 spiro atoms. The topological polar surface area (TPSA) is 132 Å². The third-order valence-corrected chi connectivity index (χ3v) is 2.98. The van der Waals surface area contributed by atoms with Crippen LogP contribution < -0.4 is 9.47 Å². The number of hydrogen-bond donors (Lipinski definition) is 3. The zero-order chi connectivity index (χ0) is 15.7. The van der Waals surface area contributed by atoms with Crippen LogP contribution in [0.5, 0.6) is 11.5 Å². The van der Waals surface area contributed by atoms with Crippen LogP contribution in [0.1, 0.15) is 0 Å². The molecule has 1 unspecified atom stereocenters. The third kappa shape index (κ3) is 9.60. The lowest BCUT2D eigenvalue weighted by Gasteiger charge is -2.09. The fourth-order valence-corrected chi connectivity index (χ4v) is 1.81. The highest BCUT2D eigenvalue weighted by Crippen LogP contribution is 2.35. The van der Waals surface area contributed by atoms with E-state index in [2.05, 4.69) is 9.05 Å². The lowest BCUT2D eigenvalue weighted by atomic mass is 10.3. The second-order valence-electron chi connectivity index (χ2n) is 3.61. The van der Waals surface area contributed by atoms with Crippen molar-refractivity contribution in [2.45, 2.75) is 0 Å². The van der Waals surface area contributed by atoms with Crippen molar-refractivity contribution < 1.29 is 42.3 Å². The molecule has 0 aliphatic heterocycles. The molecule has 0 heterocycles. The Morgan fingerprint density at radius 2 is 1.43 bits per heavy atom. The van der Waals surface area contributed by atoms with Crippen LogP contribution in [-0.4, -0.2) is 41.1 Å². The molecule has 0 amide bonds. The molecule has 9 nitrogen and oxygen atoms in total. The summed E-state index contributed by atoms with van der Waals surface area (Å²) in [6.45, 7) is -0.107. The minimum atomic E-state index is -4.47. The van der Waals surface area contributed by atoms with E-state index in [-0.39, 0.29) is 26.4 Å². The molecule has 21 heavy (non-hydrogen) atoms. The van der Waals surface area contributed by atoms with Crippen molar-refractivity contribution in [3.05, 3.63) is 24.3 Å². The Morgan fingerprint density at radius 1 is 0.952 bits per heavy atom. The number of hydrogen-bond acceptors (Lipinski definition) is 6. The van der Waals surface area contributed by atoms with Crippen LogP contribution in [0.3, 0.4) is 0 Å². The van der Waals surface area contributed by atoms with E-state index in [0.717, 1.165) is 0 Å². The predicted octanol–water partition coefficient (Wildman–Crippen LogP) is 0.952. The molecule has 0 fully saturated rings. The van der Waals surface area contributed by atoms with Crippen molar-refractivity contribution >= 4 is 16.1 Å². The summed E-state index contributed by atoms with van der Waals surface area (Å²) in [6, 6.07) is 6.42. The van der Waals surface area contributed by atoms with Crippen molar-refractivity contribution in [1.29, 1.82) is 0 Å². The Bertz CT molecular complexity index is 484. The summed E-state index contributed by atoms with van der Waals surface area (Å²) in [6.07, 6.45) is 0. The molecule has 1 aromatic carbocycles. The van der Waals surface area contributed by atoms with Gasteiger partial charge >= 0.3 is 16.1 Å². The number of rotatable bonds is 10. The number of phosphoric acid groups is 1. The van der Waals surface area contributed by atoms with E-state index in [0.29, 0.717) is 11.5 Å². The summed E-state index contributed by atoms with van der Waals surface area (Å²) in [7, 11) is -7.40. The van der Waals surface area contributed by atoms with Gasteiger partial charge < -0.3 is 28.7 Å². The zero-order valence-corrected chi connectivity index (χ0v) is 12.8. The van der Waals surface area contributed by atoms with Crippen LogP contribution in [0.25, 0.3) is 0 Å². The standard InChI is InChI=1S/C10H16O9P2/c11-20(12)18-7-5-16-9-1-3-10(4-2-9)17-6-8-19-21(13,14)15/h1-4,20H,5-8H2,(H,11,12)(H2,13,14,15). The summed E-state index contributed by atoms with van der Waals surface area (Å²) in [4.78, 5) is 25.4. The van der Waals surface area contributed by atoms with Crippen molar-refractivity contribution in [1.82, 2.24) is 0 Å². The molecule has 0 radical (unpaired) electrons. The molecule has 0 bridgehead atoms. The lowest BCUT2D eigenvalue weighted by molar-refractivity contribution is 0.160. The summed E-state index contributed by atoms with van der Waals surface area (Å²) in [5, 5.41) is 0. The van der Waals surface area contributed by atoms with Crippen LogP contribution in [0.15, 0.2) is 24.3 Å². The second-order valence-corrected chi connectivity index (χ2v) is 5.67. The maximum atomic E-state index is 10.4. The van der Waals surface area contributed by atoms with E-state index in [1.165, 1.54) is 0 Å². The normalized spacial score (nSPS) is 12.9. The molecule has 1 rings (SSSR count). The van der Waals surface area contributed by atoms with Crippen molar-refractivity contribution in [2.75, 3.05) is 26.4 Å². The molecule has 1 aromatic rings. The molecule has 0 aromatic heterocycles. The van der Waals surface area contributed by atoms with E-state index in [4.69, 9.17) is 24.2 Å². The van der Waals surface area contributed by atoms with Gasteiger partial charge in [0.1, 0.15) is 24.7 Å². The predicted molar refractivity (Wildman–Crippen MR) is 72.6 cm³/mol. The third-order valence-electron chi connectivity index (χ3n) is 2.01. The zero-order valence-electron chi connectivity index (χ0n) is 10.9. The maximum absolute atomic E-state index is 10.4. The Balaban J connectivity index is 2.24. The van der Waals surface area contributed by atoms with Crippen LogP contribution >= 0.6 is 16.1 Å². The fraction of sp³-hybridized carbons (Fsp3) is 0.400. The largest absolute Gasteiger partial charge is 0.491 e. The van der Waals surface area contributed by atoms with Crippen molar-refractivity contribution in [3.63, 3.8) is 0 Å². The lowest BCUT2D eigenvalue weighted by Crippen LogP contribution is -2.06. The Kier molecular flexibility index (Phi) is 7.92. The first-order chi connectivity index (χ1) is 9.87. The first-order valence-electron chi connectivity index (χ1n) is 5.78. The second kappa shape index (κ2) is 9.17. The first kappa shape index (κ1) is 18.1. The van der Waals surface area contributed by atoms with E-state index in [1.807, 2.05) is 0 Å². The molecule has 3 N–H and O–H groups in total. The van der Waals surface area contributed by atoms with Gasteiger partial charge in [0.25, 0.3) is 0 Å². The highest BCUT2D eigenvalue weighted by Gasteiger charge is 2.12. The smallest absolute Gasteiger partial charge is 0.469 e. The average Bonchev–Trinajstić information content (AvgIpc) is 2.40. The van der Waals surface area contributed by atoms with Crippen molar-refractivity contribution in [3.8, 4) is 11.5 Å². The molecular weight excluding hydrogens is 326 g/mol. The van der Waals surface area contributed by atoms with Gasteiger partial charge in [-0.1, -0.05) is 0 Å². The minimum absolute atomic E-state index is 0.00621. The Labute approximate surface area is 121 Å². The summed E-state index contributed by atoms with van der Waals surface area (Å²) in [5.74, 6) is 1.00. The minimum Gasteiger partial charge on any atom is -0.491 e. The Hall–Kier alpha value is -0.920. The molecule has 11 heteroatoms. The molecule has 0 saturated heterocycles. The number of phosphoric ester groups is 1. The van der Waals surface area contributed by atoms with Crippen LogP contribution in [0.2, 0.25) is 0 Å². The van der Waals surface area contributed by atoms with Gasteiger partial charge in [-0.15, -0.1) is 0 Å². The molecule has 120 valence electrons. The Morgan fingerprint density at radius 3 is 1.86 bits per heavy atom.